The highest BCUT2D eigenvalue weighted by molar-refractivity contribution is 7.15. The zero-order chi connectivity index (χ0) is 12.5. The molecule has 2 rings (SSSR count). The first-order valence-electron chi connectivity index (χ1n) is 6.23. The highest BCUT2D eigenvalue weighted by atomic mass is 32.1. The zero-order valence-corrected chi connectivity index (χ0v) is 11.8. The van der Waals surface area contributed by atoms with Crippen LogP contribution in [-0.2, 0) is 5.54 Å². The highest BCUT2D eigenvalue weighted by Gasteiger charge is 2.22. The minimum atomic E-state index is -0.277. The first-order valence-corrected chi connectivity index (χ1v) is 7.05. The number of hydrogen-bond acceptors (Lipinski definition) is 5. The van der Waals surface area contributed by atoms with E-state index in [-0.39, 0.29) is 5.54 Å². The third-order valence-electron chi connectivity index (χ3n) is 3.22. The van der Waals surface area contributed by atoms with Crippen LogP contribution in [0.25, 0.3) is 0 Å². The fourth-order valence-corrected chi connectivity index (χ4v) is 2.95. The molecular weight excluding hydrogens is 232 g/mol. The van der Waals surface area contributed by atoms with E-state index in [9.17, 15) is 0 Å². The van der Waals surface area contributed by atoms with E-state index in [1.54, 1.807) is 11.3 Å². The standard InChI is InChI=1S/C12H22N4S/c1-4-15-5-7-16(8-6-15)11-14-9-10(17-11)12(2,3)13/h9H,4-8,13H2,1-3H3. The van der Waals surface area contributed by atoms with Gasteiger partial charge in [-0.05, 0) is 20.4 Å². The summed E-state index contributed by atoms with van der Waals surface area (Å²) in [6.45, 7) is 11.8. The van der Waals surface area contributed by atoms with Crippen LogP contribution in [0.3, 0.4) is 0 Å². The van der Waals surface area contributed by atoms with E-state index < -0.39 is 0 Å². The minimum absolute atomic E-state index is 0.277. The van der Waals surface area contributed by atoms with Gasteiger partial charge in [-0.1, -0.05) is 6.92 Å². The van der Waals surface area contributed by atoms with Gasteiger partial charge in [-0.3, -0.25) is 0 Å². The minimum Gasteiger partial charge on any atom is -0.346 e. The number of nitrogens with zero attached hydrogens (tertiary/aromatic N) is 3. The SMILES string of the molecule is CCN1CCN(c2ncc(C(C)(C)N)s2)CC1. The van der Waals surface area contributed by atoms with Gasteiger partial charge in [-0.15, -0.1) is 11.3 Å². The van der Waals surface area contributed by atoms with Crippen molar-refractivity contribution in [1.29, 1.82) is 0 Å². The molecule has 2 heterocycles. The molecular formula is C12H22N4S. The zero-order valence-electron chi connectivity index (χ0n) is 10.9. The van der Waals surface area contributed by atoms with E-state index in [2.05, 4.69) is 21.7 Å². The predicted molar refractivity (Wildman–Crippen MR) is 73.7 cm³/mol. The van der Waals surface area contributed by atoms with E-state index in [0.717, 1.165) is 42.7 Å². The molecule has 1 saturated heterocycles. The summed E-state index contributed by atoms with van der Waals surface area (Å²) in [6, 6.07) is 0. The number of rotatable bonds is 3. The molecule has 1 aliphatic rings. The third kappa shape index (κ3) is 2.97. The van der Waals surface area contributed by atoms with Gasteiger partial charge in [0.05, 0.1) is 0 Å². The summed E-state index contributed by atoms with van der Waals surface area (Å²) in [5.41, 5.74) is 5.81. The summed E-state index contributed by atoms with van der Waals surface area (Å²) in [6.07, 6.45) is 1.92. The Morgan fingerprint density at radius 3 is 2.47 bits per heavy atom. The number of thiazole rings is 1. The van der Waals surface area contributed by atoms with Crippen molar-refractivity contribution in [2.75, 3.05) is 37.6 Å². The Hall–Kier alpha value is -0.650. The summed E-state index contributed by atoms with van der Waals surface area (Å²) in [7, 11) is 0. The molecule has 2 N–H and O–H groups in total. The van der Waals surface area contributed by atoms with Gasteiger partial charge in [0.1, 0.15) is 0 Å². The summed E-state index contributed by atoms with van der Waals surface area (Å²) in [5, 5.41) is 1.12. The molecule has 0 bridgehead atoms. The van der Waals surface area contributed by atoms with Crippen LogP contribution in [0.2, 0.25) is 0 Å². The van der Waals surface area contributed by atoms with Gasteiger partial charge >= 0.3 is 0 Å². The second-order valence-electron chi connectivity index (χ2n) is 5.15. The van der Waals surface area contributed by atoms with Gasteiger partial charge in [0.25, 0.3) is 0 Å². The van der Waals surface area contributed by atoms with Crippen molar-refractivity contribution in [3.63, 3.8) is 0 Å². The van der Waals surface area contributed by atoms with Crippen molar-refractivity contribution >= 4 is 16.5 Å². The predicted octanol–water partition coefficient (Wildman–Crippen LogP) is 1.48. The van der Waals surface area contributed by atoms with Crippen LogP contribution in [0.4, 0.5) is 5.13 Å². The van der Waals surface area contributed by atoms with E-state index in [1.165, 1.54) is 0 Å². The molecule has 17 heavy (non-hydrogen) atoms. The Morgan fingerprint density at radius 1 is 1.35 bits per heavy atom. The highest BCUT2D eigenvalue weighted by Crippen LogP contribution is 2.29. The normalized spacial score (nSPS) is 18.7. The second kappa shape index (κ2) is 4.92. The lowest BCUT2D eigenvalue weighted by atomic mass is 10.1. The largest absolute Gasteiger partial charge is 0.346 e. The number of aromatic nitrogens is 1. The molecule has 0 aromatic carbocycles. The Balaban J connectivity index is 2.02. The number of piperazine rings is 1. The number of anilines is 1. The molecule has 1 aromatic rings. The van der Waals surface area contributed by atoms with Crippen molar-refractivity contribution in [3.05, 3.63) is 11.1 Å². The van der Waals surface area contributed by atoms with Crippen LogP contribution in [0.5, 0.6) is 0 Å². The summed E-state index contributed by atoms with van der Waals surface area (Å²) < 4.78 is 0. The average Bonchev–Trinajstić information content (AvgIpc) is 2.78. The topological polar surface area (TPSA) is 45.4 Å². The van der Waals surface area contributed by atoms with Crippen LogP contribution in [0.15, 0.2) is 6.20 Å². The Bertz CT molecular complexity index is 361. The van der Waals surface area contributed by atoms with Gasteiger partial charge in [0, 0.05) is 42.8 Å². The van der Waals surface area contributed by atoms with Gasteiger partial charge < -0.3 is 15.5 Å². The first kappa shape index (κ1) is 12.8. The third-order valence-corrected chi connectivity index (χ3v) is 4.62. The van der Waals surface area contributed by atoms with E-state index >= 15 is 0 Å². The number of likely N-dealkylation sites (N-methyl/N-ethyl adjacent to an activating group) is 1. The van der Waals surface area contributed by atoms with Crippen LogP contribution in [-0.4, -0.2) is 42.6 Å². The van der Waals surface area contributed by atoms with Crippen molar-refractivity contribution < 1.29 is 0 Å². The van der Waals surface area contributed by atoms with Gasteiger partial charge in [0.15, 0.2) is 5.13 Å². The Labute approximate surface area is 107 Å². The van der Waals surface area contributed by atoms with Gasteiger partial charge in [0.2, 0.25) is 0 Å². The average molecular weight is 254 g/mol. The number of nitrogens with two attached hydrogens (primary N) is 1. The van der Waals surface area contributed by atoms with Crippen LogP contribution >= 0.6 is 11.3 Å². The maximum atomic E-state index is 6.09. The molecule has 0 spiro atoms. The molecule has 96 valence electrons. The van der Waals surface area contributed by atoms with E-state index in [1.807, 2.05) is 20.0 Å². The lowest BCUT2D eigenvalue weighted by molar-refractivity contribution is 0.271. The fraction of sp³-hybridized carbons (Fsp3) is 0.750. The summed E-state index contributed by atoms with van der Waals surface area (Å²) in [5.74, 6) is 0. The molecule has 0 saturated carbocycles. The molecule has 0 amide bonds. The van der Waals surface area contributed by atoms with Crippen LogP contribution < -0.4 is 10.6 Å². The molecule has 1 aliphatic heterocycles. The van der Waals surface area contributed by atoms with Crippen molar-refractivity contribution in [1.82, 2.24) is 9.88 Å². The van der Waals surface area contributed by atoms with E-state index in [0.29, 0.717) is 0 Å². The van der Waals surface area contributed by atoms with Crippen LogP contribution in [0, 0.1) is 0 Å². The Kier molecular flexibility index (Phi) is 3.70. The van der Waals surface area contributed by atoms with Crippen LogP contribution in [0.1, 0.15) is 25.6 Å². The van der Waals surface area contributed by atoms with Gasteiger partial charge in [-0.2, -0.15) is 0 Å². The monoisotopic (exact) mass is 254 g/mol. The van der Waals surface area contributed by atoms with Gasteiger partial charge in [-0.25, -0.2) is 4.98 Å². The summed E-state index contributed by atoms with van der Waals surface area (Å²) >= 11 is 1.73. The molecule has 0 aliphatic carbocycles. The quantitative estimate of drug-likeness (QED) is 0.887. The second-order valence-corrected chi connectivity index (χ2v) is 6.16. The molecule has 0 radical (unpaired) electrons. The maximum absolute atomic E-state index is 6.09. The lowest BCUT2D eigenvalue weighted by Crippen LogP contribution is -2.46. The first-order chi connectivity index (χ1) is 8.00. The summed E-state index contributed by atoms with van der Waals surface area (Å²) in [4.78, 5) is 10.5. The molecule has 5 heteroatoms. The van der Waals surface area contributed by atoms with Crippen molar-refractivity contribution in [3.8, 4) is 0 Å². The molecule has 1 fully saturated rings. The smallest absolute Gasteiger partial charge is 0.185 e. The van der Waals surface area contributed by atoms with Crippen molar-refractivity contribution in [2.24, 2.45) is 5.73 Å². The maximum Gasteiger partial charge on any atom is 0.185 e. The molecule has 1 aromatic heterocycles. The Morgan fingerprint density at radius 2 is 2.00 bits per heavy atom. The van der Waals surface area contributed by atoms with E-state index in [4.69, 9.17) is 5.73 Å². The molecule has 4 nitrogen and oxygen atoms in total. The molecule has 0 atom stereocenters. The van der Waals surface area contributed by atoms with Crippen molar-refractivity contribution in [2.45, 2.75) is 26.3 Å². The number of hydrogen-bond donors (Lipinski definition) is 1. The molecule has 0 unspecified atom stereocenters. The fourth-order valence-electron chi connectivity index (χ4n) is 1.96. The lowest BCUT2D eigenvalue weighted by Gasteiger charge is -2.33.